The summed E-state index contributed by atoms with van der Waals surface area (Å²) in [5.41, 5.74) is 0.501. The summed E-state index contributed by atoms with van der Waals surface area (Å²) in [5, 5.41) is 10.5. The Balaban J connectivity index is 2.54. The molecule has 18 heavy (non-hydrogen) atoms. The Morgan fingerprint density at radius 2 is 2.11 bits per heavy atom. The van der Waals surface area contributed by atoms with Gasteiger partial charge in [0.15, 0.2) is 0 Å². The number of alkyl halides is 1. The summed E-state index contributed by atoms with van der Waals surface area (Å²) >= 11 is 9.16. The highest BCUT2D eigenvalue weighted by atomic mass is 79.9. The van der Waals surface area contributed by atoms with E-state index in [0.717, 1.165) is 31.1 Å². The van der Waals surface area contributed by atoms with Crippen LogP contribution < -0.4 is 0 Å². The van der Waals surface area contributed by atoms with Gasteiger partial charge >= 0.3 is 0 Å². The number of aromatic hydroxyl groups is 1. The predicted molar refractivity (Wildman–Crippen MR) is 77.7 cm³/mol. The van der Waals surface area contributed by atoms with Gasteiger partial charge in [0, 0.05) is 24.5 Å². The third-order valence-electron chi connectivity index (χ3n) is 2.67. The molecule has 1 aromatic carbocycles. The maximum atomic E-state index is 12.0. The van der Waals surface area contributed by atoms with Gasteiger partial charge in [-0.05, 0) is 31.0 Å². The van der Waals surface area contributed by atoms with E-state index in [4.69, 9.17) is 11.6 Å². The van der Waals surface area contributed by atoms with E-state index in [0.29, 0.717) is 5.56 Å². The van der Waals surface area contributed by atoms with Gasteiger partial charge in [0.2, 0.25) is 0 Å². The molecule has 3 nitrogen and oxygen atoms in total. The monoisotopic (exact) mass is 333 g/mol. The molecule has 0 aliphatic heterocycles. The number of hydrogen-bond donors (Lipinski definition) is 1. The second-order valence-electron chi connectivity index (χ2n) is 4.14. The predicted octanol–water partition coefficient (Wildman–Crippen LogP) is 3.68. The van der Waals surface area contributed by atoms with Crippen LogP contribution in [0.2, 0.25) is 5.02 Å². The summed E-state index contributed by atoms with van der Waals surface area (Å²) in [6, 6.07) is 4.51. The largest absolute Gasteiger partial charge is 0.506 e. The van der Waals surface area contributed by atoms with Crippen LogP contribution in [0.3, 0.4) is 0 Å². The van der Waals surface area contributed by atoms with Crippen LogP contribution in [-0.2, 0) is 0 Å². The number of nitrogens with zero attached hydrogens (tertiary/aromatic N) is 1. The molecule has 0 aliphatic carbocycles. The van der Waals surface area contributed by atoms with Crippen molar-refractivity contribution in [2.45, 2.75) is 19.3 Å². The molecule has 1 N–H and O–H groups in total. The van der Waals surface area contributed by atoms with Crippen LogP contribution in [0.15, 0.2) is 18.2 Å². The molecule has 0 aliphatic rings. The molecule has 0 spiro atoms. The summed E-state index contributed by atoms with van der Waals surface area (Å²) < 4.78 is 0. The summed E-state index contributed by atoms with van der Waals surface area (Å²) in [5.74, 6) is -0.0797. The normalized spacial score (nSPS) is 10.4. The number of amides is 1. The third-order valence-corrected chi connectivity index (χ3v) is 3.53. The average Bonchev–Trinajstić information content (AvgIpc) is 2.37. The molecule has 1 aromatic rings. The van der Waals surface area contributed by atoms with Gasteiger partial charge in [0.25, 0.3) is 5.91 Å². The molecule has 0 saturated heterocycles. The van der Waals surface area contributed by atoms with E-state index in [1.54, 1.807) is 18.0 Å². The minimum Gasteiger partial charge on any atom is -0.506 e. The number of phenolic OH excluding ortho intramolecular Hbond substituents is 1. The number of rotatable bonds is 6. The van der Waals surface area contributed by atoms with Gasteiger partial charge in [-0.2, -0.15) is 0 Å². The van der Waals surface area contributed by atoms with E-state index in [2.05, 4.69) is 15.9 Å². The molecule has 0 fully saturated rings. The van der Waals surface area contributed by atoms with E-state index >= 15 is 0 Å². The number of phenols is 1. The molecule has 0 unspecified atom stereocenters. The van der Waals surface area contributed by atoms with Crippen LogP contribution in [0.5, 0.6) is 5.75 Å². The molecule has 1 amide bonds. The number of halogens is 2. The number of hydrogen-bond acceptors (Lipinski definition) is 2. The Morgan fingerprint density at radius 1 is 1.39 bits per heavy atom. The Hall–Kier alpha value is -0.740. The van der Waals surface area contributed by atoms with E-state index in [1.807, 2.05) is 0 Å². The number of benzene rings is 1. The van der Waals surface area contributed by atoms with Crippen molar-refractivity contribution in [2.24, 2.45) is 0 Å². The summed E-state index contributed by atoms with van der Waals surface area (Å²) in [4.78, 5) is 13.7. The standard InChI is InChI=1S/C13H17BrClNO2/c1-16(8-4-2-3-7-14)13(18)10-5-6-12(17)11(15)9-10/h5-6,9,17H,2-4,7-8H2,1H3. The lowest BCUT2D eigenvalue weighted by atomic mass is 10.2. The van der Waals surface area contributed by atoms with Gasteiger partial charge in [0.1, 0.15) is 5.75 Å². The molecule has 0 atom stereocenters. The highest BCUT2D eigenvalue weighted by Crippen LogP contribution is 2.24. The van der Waals surface area contributed by atoms with Crippen LogP contribution in [-0.4, -0.2) is 34.8 Å². The Kier molecular flexibility index (Phi) is 6.50. The highest BCUT2D eigenvalue weighted by Gasteiger charge is 2.12. The van der Waals surface area contributed by atoms with Crippen LogP contribution >= 0.6 is 27.5 Å². The van der Waals surface area contributed by atoms with Crippen LogP contribution in [0.25, 0.3) is 0 Å². The zero-order chi connectivity index (χ0) is 13.5. The van der Waals surface area contributed by atoms with Gasteiger partial charge < -0.3 is 10.0 Å². The van der Waals surface area contributed by atoms with Crippen molar-refractivity contribution in [1.82, 2.24) is 4.90 Å². The van der Waals surface area contributed by atoms with E-state index in [-0.39, 0.29) is 16.7 Å². The van der Waals surface area contributed by atoms with Gasteiger partial charge in [0.05, 0.1) is 5.02 Å². The van der Waals surface area contributed by atoms with Gasteiger partial charge in [-0.15, -0.1) is 0 Å². The van der Waals surface area contributed by atoms with Crippen molar-refractivity contribution in [3.8, 4) is 5.75 Å². The number of unbranched alkanes of at least 4 members (excludes halogenated alkanes) is 2. The van der Waals surface area contributed by atoms with E-state index in [1.165, 1.54) is 12.1 Å². The lowest BCUT2D eigenvalue weighted by Gasteiger charge is -2.17. The first-order chi connectivity index (χ1) is 8.56. The average molecular weight is 335 g/mol. The number of carbonyl (C=O) groups excluding carboxylic acids is 1. The zero-order valence-corrected chi connectivity index (χ0v) is 12.7. The van der Waals surface area contributed by atoms with Crippen molar-refractivity contribution >= 4 is 33.4 Å². The maximum absolute atomic E-state index is 12.0. The fraction of sp³-hybridized carbons (Fsp3) is 0.462. The molecular formula is C13H17BrClNO2. The Morgan fingerprint density at radius 3 is 2.72 bits per heavy atom. The lowest BCUT2D eigenvalue weighted by molar-refractivity contribution is 0.0792. The molecule has 0 aromatic heterocycles. The summed E-state index contributed by atoms with van der Waals surface area (Å²) in [7, 11) is 1.78. The Labute approximate surface area is 121 Å². The second kappa shape index (κ2) is 7.64. The molecular weight excluding hydrogens is 318 g/mol. The smallest absolute Gasteiger partial charge is 0.253 e. The first-order valence-corrected chi connectivity index (χ1v) is 7.36. The second-order valence-corrected chi connectivity index (χ2v) is 5.34. The first kappa shape index (κ1) is 15.3. The summed E-state index contributed by atoms with van der Waals surface area (Å²) in [6.07, 6.45) is 3.20. The van der Waals surface area contributed by atoms with Crippen molar-refractivity contribution in [2.75, 3.05) is 18.9 Å². The zero-order valence-electron chi connectivity index (χ0n) is 10.3. The molecule has 100 valence electrons. The minimum atomic E-state index is -0.0734. The fourth-order valence-corrected chi connectivity index (χ4v) is 2.16. The van der Waals surface area contributed by atoms with Gasteiger partial charge in [-0.25, -0.2) is 0 Å². The molecule has 0 saturated carbocycles. The quantitative estimate of drug-likeness (QED) is 0.637. The maximum Gasteiger partial charge on any atom is 0.253 e. The van der Waals surface area contributed by atoms with Crippen molar-refractivity contribution < 1.29 is 9.90 Å². The van der Waals surface area contributed by atoms with E-state index in [9.17, 15) is 9.90 Å². The molecule has 1 rings (SSSR count). The Bertz CT molecular complexity index is 412. The molecule has 0 radical (unpaired) electrons. The lowest BCUT2D eigenvalue weighted by Crippen LogP contribution is -2.27. The topological polar surface area (TPSA) is 40.5 Å². The van der Waals surface area contributed by atoms with Gasteiger partial charge in [-0.1, -0.05) is 34.0 Å². The van der Waals surface area contributed by atoms with Crippen molar-refractivity contribution in [3.63, 3.8) is 0 Å². The molecule has 0 heterocycles. The fourth-order valence-electron chi connectivity index (χ4n) is 1.58. The minimum absolute atomic E-state index is 0.00631. The number of carbonyl (C=O) groups is 1. The van der Waals surface area contributed by atoms with Crippen LogP contribution in [0.1, 0.15) is 29.6 Å². The molecule has 0 bridgehead atoms. The SMILES string of the molecule is CN(CCCCCBr)C(=O)c1ccc(O)c(Cl)c1. The van der Waals surface area contributed by atoms with Crippen LogP contribution in [0.4, 0.5) is 0 Å². The summed E-state index contributed by atoms with van der Waals surface area (Å²) in [6.45, 7) is 0.727. The third kappa shape index (κ3) is 4.50. The first-order valence-electron chi connectivity index (χ1n) is 5.86. The van der Waals surface area contributed by atoms with Crippen molar-refractivity contribution in [3.05, 3.63) is 28.8 Å². The van der Waals surface area contributed by atoms with E-state index < -0.39 is 0 Å². The molecule has 5 heteroatoms. The van der Waals surface area contributed by atoms with Gasteiger partial charge in [-0.3, -0.25) is 4.79 Å². The van der Waals surface area contributed by atoms with Crippen molar-refractivity contribution in [1.29, 1.82) is 0 Å². The van der Waals surface area contributed by atoms with Crippen LogP contribution in [0, 0.1) is 0 Å². The highest BCUT2D eigenvalue weighted by molar-refractivity contribution is 9.09.